The Kier molecular flexibility index (Phi) is 15.1. The zero-order chi connectivity index (χ0) is 26.3. The smallest absolute Gasteiger partial charge is 0.317 e. The molecule has 0 saturated heterocycles. The van der Waals surface area contributed by atoms with E-state index in [-0.39, 0.29) is 26.3 Å². The summed E-state index contributed by atoms with van der Waals surface area (Å²) in [4.78, 5) is 47.2. The van der Waals surface area contributed by atoms with Gasteiger partial charge in [-0.2, -0.15) is 0 Å². The second kappa shape index (κ2) is 16.2. The normalized spacial score (nSPS) is 15.1. The minimum absolute atomic E-state index is 0.0231. The fourth-order valence-corrected chi connectivity index (χ4v) is 3.37. The molecular weight excluding hydrogens is 464 g/mol. The van der Waals surface area contributed by atoms with E-state index in [0.717, 1.165) is 9.80 Å². The number of carboxylic acids is 4. The lowest BCUT2D eigenvalue weighted by molar-refractivity contribution is -0.174. The van der Waals surface area contributed by atoms with Gasteiger partial charge in [-0.05, 0) is 0 Å². The molecule has 0 aliphatic heterocycles. The van der Waals surface area contributed by atoms with Crippen molar-refractivity contribution in [2.45, 2.75) is 17.7 Å². The number of hydrogen-bond donors (Lipinski definition) is 8. The molecule has 0 aliphatic carbocycles. The number of nitrogens with two attached hydrogens (primary N) is 2. The number of nitrogens with zero attached hydrogens (tertiary/aromatic N) is 2. The highest BCUT2D eigenvalue weighted by molar-refractivity contribution is 5.73. The van der Waals surface area contributed by atoms with Gasteiger partial charge in [0.1, 0.15) is 5.60 Å². The molecule has 16 nitrogen and oxygen atoms in total. The van der Waals surface area contributed by atoms with Crippen molar-refractivity contribution in [3.63, 3.8) is 0 Å². The van der Waals surface area contributed by atoms with Crippen LogP contribution in [-0.2, 0) is 28.7 Å². The molecule has 0 aromatic rings. The summed E-state index contributed by atoms with van der Waals surface area (Å²) in [5, 5.41) is 58.9. The van der Waals surface area contributed by atoms with Gasteiger partial charge in [-0.25, -0.2) is 0 Å². The first-order chi connectivity index (χ1) is 15.9. The molecule has 2 atom stereocenters. The summed E-state index contributed by atoms with van der Waals surface area (Å²) in [6.07, 6.45) is 0. The fraction of sp³-hybridized carbons (Fsp3) is 0.778. The Bertz CT molecular complexity index is 583. The Morgan fingerprint density at radius 1 is 0.706 bits per heavy atom. The molecule has 0 aromatic heterocycles. The van der Waals surface area contributed by atoms with E-state index < -0.39 is 87.6 Å². The Morgan fingerprint density at radius 3 is 1.21 bits per heavy atom. The summed E-state index contributed by atoms with van der Waals surface area (Å²) in [6, 6.07) is -3.12. The first-order valence-corrected chi connectivity index (χ1v) is 10.2. The lowest BCUT2D eigenvalue weighted by Crippen LogP contribution is -2.70. The Hall–Kier alpha value is -2.44. The van der Waals surface area contributed by atoms with E-state index in [1.54, 1.807) is 0 Å². The number of rotatable bonds is 21. The van der Waals surface area contributed by atoms with Gasteiger partial charge >= 0.3 is 23.9 Å². The average molecular weight is 498 g/mol. The van der Waals surface area contributed by atoms with Gasteiger partial charge in [0.25, 0.3) is 0 Å². The monoisotopic (exact) mass is 498 g/mol. The molecule has 0 amide bonds. The molecule has 0 aliphatic rings. The van der Waals surface area contributed by atoms with E-state index in [9.17, 15) is 49.8 Å². The fourth-order valence-electron chi connectivity index (χ4n) is 3.37. The lowest BCUT2D eigenvalue weighted by atomic mass is 9.84. The number of ether oxygens (including phenoxy) is 2. The van der Waals surface area contributed by atoms with Gasteiger partial charge < -0.3 is 51.6 Å². The molecule has 0 rings (SSSR count). The molecule has 16 heteroatoms. The first-order valence-electron chi connectivity index (χ1n) is 10.2. The summed E-state index contributed by atoms with van der Waals surface area (Å²) < 4.78 is 10.6. The number of carbonyl (C=O) groups is 4. The molecule has 34 heavy (non-hydrogen) atoms. The summed E-state index contributed by atoms with van der Waals surface area (Å²) >= 11 is 0. The van der Waals surface area contributed by atoms with Crippen molar-refractivity contribution in [3.05, 3.63) is 0 Å². The van der Waals surface area contributed by atoms with Gasteiger partial charge in [-0.3, -0.25) is 29.0 Å². The maximum absolute atomic E-state index is 11.6. The third-order valence-corrected chi connectivity index (χ3v) is 4.72. The minimum atomic E-state index is -2.51. The van der Waals surface area contributed by atoms with Crippen LogP contribution < -0.4 is 11.5 Å². The molecule has 2 unspecified atom stereocenters. The van der Waals surface area contributed by atoms with Crippen LogP contribution >= 0.6 is 0 Å². The second-order valence-corrected chi connectivity index (χ2v) is 7.29. The molecular formula is C18H34N4O12. The predicted octanol–water partition coefficient (Wildman–Crippen LogP) is -4.66. The van der Waals surface area contributed by atoms with Gasteiger partial charge in [-0.1, -0.05) is 0 Å². The van der Waals surface area contributed by atoms with Crippen molar-refractivity contribution >= 4 is 23.9 Å². The number of aliphatic hydroxyl groups excluding tert-OH is 1. The third kappa shape index (κ3) is 11.1. The van der Waals surface area contributed by atoms with Crippen LogP contribution in [0.15, 0.2) is 0 Å². The molecule has 198 valence electrons. The number of aliphatic hydroxyl groups is 2. The highest BCUT2D eigenvalue weighted by Crippen LogP contribution is 2.26. The zero-order valence-electron chi connectivity index (χ0n) is 18.6. The molecule has 10 N–H and O–H groups in total. The van der Waals surface area contributed by atoms with Crippen molar-refractivity contribution in [2.24, 2.45) is 11.5 Å². The van der Waals surface area contributed by atoms with E-state index >= 15 is 0 Å². The van der Waals surface area contributed by atoms with Crippen LogP contribution in [0.5, 0.6) is 0 Å². The maximum atomic E-state index is 11.6. The van der Waals surface area contributed by atoms with Crippen molar-refractivity contribution in [1.82, 2.24) is 9.80 Å². The van der Waals surface area contributed by atoms with Crippen LogP contribution in [0.2, 0.25) is 0 Å². The van der Waals surface area contributed by atoms with E-state index in [2.05, 4.69) is 0 Å². The number of aliphatic carboxylic acids is 4. The van der Waals surface area contributed by atoms with Crippen LogP contribution in [-0.4, -0.2) is 154 Å². The van der Waals surface area contributed by atoms with Gasteiger partial charge in [0, 0.05) is 13.1 Å². The second-order valence-electron chi connectivity index (χ2n) is 7.29. The summed E-state index contributed by atoms with van der Waals surface area (Å²) in [5.74, 6) is -5.85. The molecule has 0 fully saturated rings. The van der Waals surface area contributed by atoms with E-state index in [4.69, 9.17) is 20.9 Å². The van der Waals surface area contributed by atoms with Gasteiger partial charge in [0.15, 0.2) is 0 Å². The quantitative estimate of drug-likeness (QED) is 0.0691. The molecule has 0 heterocycles. The van der Waals surface area contributed by atoms with Crippen molar-refractivity contribution < 1.29 is 59.3 Å². The van der Waals surface area contributed by atoms with Crippen LogP contribution in [0.1, 0.15) is 0 Å². The molecule has 0 bridgehead atoms. The Morgan fingerprint density at radius 2 is 1.00 bits per heavy atom. The number of hydrogen-bond acceptors (Lipinski definition) is 12. The first kappa shape index (κ1) is 31.6. The van der Waals surface area contributed by atoms with Crippen molar-refractivity contribution in [2.75, 3.05) is 72.3 Å². The predicted molar refractivity (Wildman–Crippen MR) is 113 cm³/mol. The highest BCUT2D eigenvalue weighted by Gasteiger charge is 2.50. The molecule has 0 saturated carbocycles. The zero-order valence-corrected chi connectivity index (χ0v) is 18.6. The Labute approximate surface area is 195 Å². The molecule has 0 spiro atoms. The van der Waals surface area contributed by atoms with E-state index in [1.165, 1.54) is 0 Å². The molecule has 0 radical (unpaired) electrons. The average Bonchev–Trinajstić information content (AvgIpc) is 2.71. The van der Waals surface area contributed by atoms with Crippen LogP contribution in [0, 0.1) is 0 Å². The van der Waals surface area contributed by atoms with E-state index in [1.807, 2.05) is 0 Å². The summed E-state index contributed by atoms with van der Waals surface area (Å²) in [5.41, 5.74) is 8.25. The third-order valence-electron chi connectivity index (χ3n) is 4.72. The van der Waals surface area contributed by atoms with Crippen LogP contribution in [0.3, 0.4) is 0 Å². The van der Waals surface area contributed by atoms with Gasteiger partial charge in [0.2, 0.25) is 0 Å². The number of carboxylic acid groups (broad SMARTS) is 4. The Balaban J connectivity index is 6.60. The van der Waals surface area contributed by atoms with Crippen molar-refractivity contribution in [3.8, 4) is 0 Å². The minimum Gasteiger partial charge on any atom is -0.480 e. The lowest BCUT2D eigenvalue weighted by Gasteiger charge is -2.48. The summed E-state index contributed by atoms with van der Waals surface area (Å²) in [7, 11) is 0. The van der Waals surface area contributed by atoms with Gasteiger partial charge in [-0.15, -0.1) is 0 Å². The topological polar surface area (TPSA) is 267 Å². The van der Waals surface area contributed by atoms with Crippen LogP contribution in [0.4, 0.5) is 0 Å². The standard InChI is InChI=1S/C18H34N4O12/c19-1-3-33-9-12(21(5-14(24)25)6-15(26)27)18(32,11-23)13(10-34-4-2-20)22(7-16(28)29)8-17(30)31/h12-13,23,32H,1-11,19-20H2,(H,24,25)(H,26,27)(H,28,29)(H,30,31). The van der Waals surface area contributed by atoms with Crippen LogP contribution in [0.25, 0.3) is 0 Å². The SMILES string of the molecule is NCCOCC(N(CC(=O)O)CC(=O)O)C(O)(CO)C(COCCN)N(CC(=O)O)CC(=O)O. The van der Waals surface area contributed by atoms with Gasteiger partial charge in [0.05, 0.1) is 71.3 Å². The summed E-state index contributed by atoms with van der Waals surface area (Å²) in [6.45, 7) is -5.94. The highest BCUT2D eigenvalue weighted by atomic mass is 16.5. The maximum Gasteiger partial charge on any atom is 0.317 e. The van der Waals surface area contributed by atoms with E-state index in [0.29, 0.717) is 0 Å². The largest absolute Gasteiger partial charge is 0.480 e. The van der Waals surface area contributed by atoms with Crippen molar-refractivity contribution in [1.29, 1.82) is 0 Å². The molecule has 0 aromatic carbocycles.